The highest BCUT2D eigenvalue weighted by atomic mass is 79.9. The summed E-state index contributed by atoms with van der Waals surface area (Å²) in [5.41, 5.74) is 1.45. The number of carboxylic acids is 1. The molecule has 3 aromatic rings. The van der Waals surface area contributed by atoms with Gasteiger partial charge in [0.15, 0.2) is 22.5 Å². The highest BCUT2D eigenvalue weighted by molar-refractivity contribution is 9.10. The molecule has 0 unspecified atom stereocenters. The lowest BCUT2D eigenvalue weighted by Crippen LogP contribution is -2.38. The van der Waals surface area contributed by atoms with Crippen molar-refractivity contribution in [2.75, 3.05) is 23.8 Å². The van der Waals surface area contributed by atoms with E-state index >= 15 is 0 Å². The van der Waals surface area contributed by atoms with E-state index in [4.69, 9.17) is 4.74 Å². The minimum Gasteiger partial charge on any atom is -0.483 e. The number of nitrogens with zero attached hydrogens (tertiary/aromatic N) is 1. The van der Waals surface area contributed by atoms with E-state index in [0.29, 0.717) is 22.3 Å². The maximum absolute atomic E-state index is 14.1. The van der Waals surface area contributed by atoms with E-state index in [2.05, 4.69) is 40.0 Å². The van der Waals surface area contributed by atoms with E-state index in [0.717, 1.165) is 44.2 Å². The lowest BCUT2D eigenvalue weighted by Gasteiger charge is -2.37. The van der Waals surface area contributed by atoms with Crippen molar-refractivity contribution in [3.8, 4) is 5.75 Å². The van der Waals surface area contributed by atoms with E-state index in [1.807, 2.05) is 30.3 Å². The summed E-state index contributed by atoms with van der Waals surface area (Å²) in [6.45, 7) is 4.32. The highest BCUT2D eigenvalue weighted by Gasteiger charge is 2.42. The number of rotatable bonds is 13. The normalized spacial score (nSPS) is 16.0. The van der Waals surface area contributed by atoms with Crippen molar-refractivity contribution >= 4 is 49.0 Å². The van der Waals surface area contributed by atoms with Crippen molar-refractivity contribution in [1.82, 2.24) is 5.32 Å². The second kappa shape index (κ2) is 14.4. The number of hydrogen-bond donors (Lipinski definition) is 2. The summed E-state index contributed by atoms with van der Waals surface area (Å²) in [7, 11) is -3.75. The molecule has 0 spiro atoms. The number of nitrogens with one attached hydrogen (secondary N) is 1. The number of hydrogen-bond acceptors (Lipinski definition) is 6. The van der Waals surface area contributed by atoms with Crippen molar-refractivity contribution in [3.05, 3.63) is 82.8 Å². The van der Waals surface area contributed by atoms with Gasteiger partial charge in [0.1, 0.15) is 5.75 Å². The van der Waals surface area contributed by atoms with Gasteiger partial charge in [0, 0.05) is 23.7 Å². The van der Waals surface area contributed by atoms with Gasteiger partial charge in [-0.15, -0.1) is 0 Å². The Labute approximate surface area is 262 Å². The van der Waals surface area contributed by atoms with Crippen LogP contribution in [0.3, 0.4) is 0 Å². The van der Waals surface area contributed by atoms with Crippen molar-refractivity contribution in [2.45, 2.75) is 63.3 Å². The maximum Gasteiger partial charge on any atom is 0.330 e. The fourth-order valence-corrected chi connectivity index (χ4v) is 8.25. The van der Waals surface area contributed by atoms with Crippen molar-refractivity contribution in [1.29, 1.82) is 0 Å². The molecule has 0 aromatic heterocycles. The average Bonchev–Trinajstić information content (AvgIpc) is 3.09. The molecule has 0 saturated carbocycles. The minimum absolute atomic E-state index is 0.0231. The zero-order chi connectivity index (χ0) is 31.0. The Balaban J connectivity index is 1.68. The number of unbranched alkanes of at least 4 members (excludes halogenated alkanes) is 2. The Bertz CT molecular complexity index is 1510. The molecule has 10 heteroatoms. The number of sulfone groups is 1. The second-order valence-electron chi connectivity index (χ2n) is 11.2. The molecule has 0 saturated heterocycles. The fourth-order valence-electron chi connectivity index (χ4n) is 5.69. The molecule has 4 rings (SSSR count). The van der Waals surface area contributed by atoms with Gasteiger partial charge in [-0.25, -0.2) is 13.2 Å². The number of aliphatic carboxylic acids is 1. The summed E-state index contributed by atoms with van der Waals surface area (Å²) in [6, 6.07) is 20.2. The third-order valence-corrected chi connectivity index (χ3v) is 10.5. The van der Waals surface area contributed by atoms with E-state index in [1.54, 1.807) is 36.4 Å². The summed E-state index contributed by atoms with van der Waals surface area (Å²) in [6.07, 6.45) is 5.43. The average molecular weight is 672 g/mol. The molecule has 3 aromatic carbocycles. The molecule has 43 heavy (non-hydrogen) atoms. The number of carbonyl (C=O) groups is 2. The molecular formula is C33H39BrN2O6S. The summed E-state index contributed by atoms with van der Waals surface area (Å²) in [5.74, 6) is -1.64. The molecule has 2 N–H and O–H groups in total. The molecule has 8 nitrogen and oxygen atoms in total. The predicted molar refractivity (Wildman–Crippen MR) is 172 cm³/mol. The third-order valence-electron chi connectivity index (χ3n) is 7.86. The van der Waals surface area contributed by atoms with Crippen LogP contribution < -0.4 is 15.0 Å². The van der Waals surface area contributed by atoms with Crippen LogP contribution in [-0.2, 0) is 19.4 Å². The van der Waals surface area contributed by atoms with Gasteiger partial charge in [0.25, 0.3) is 5.91 Å². The van der Waals surface area contributed by atoms with E-state index in [-0.39, 0.29) is 16.4 Å². The van der Waals surface area contributed by atoms with Crippen LogP contribution in [0.1, 0.15) is 64.0 Å². The van der Waals surface area contributed by atoms with Gasteiger partial charge in [0.2, 0.25) is 0 Å². The second-order valence-corrected chi connectivity index (χ2v) is 14.0. The number of amides is 1. The van der Waals surface area contributed by atoms with Crippen LogP contribution in [0, 0.1) is 5.41 Å². The molecule has 0 bridgehead atoms. The van der Waals surface area contributed by atoms with Gasteiger partial charge < -0.3 is 20.1 Å². The number of benzene rings is 3. The monoisotopic (exact) mass is 670 g/mol. The Morgan fingerprint density at radius 1 is 1.00 bits per heavy atom. The lowest BCUT2D eigenvalue weighted by molar-refractivity contribution is -0.142. The number of halogens is 1. The van der Waals surface area contributed by atoms with E-state index < -0.39 is 39.8 Å². The first kappa shape index (κ1) is 32.5. The lowest BCUT2D eigenvalue weighted by atomic mass is 9.79. The number of para-hydroxylation sites is 1. The van der Waals surface area contributed by atoms with Gasteiger partial charge >= 0.3 is 5.97 Å². The fraction of sp³-hybridized carbons (Fsp3) is 0.394. The predicted octanol–water partition coefficient (Wildman–Crippen LogP) is 7.06. The first-order chi connectivity index (χ1) is 20.6. The molecule has 0 aliphatic carbocycles. The maximum atomic E-state index is 14.1. The Morgan fingerprint density at radius 2 is 1.60 bits per heavy atom. The van der Waals surface area contributed by atoms with Crippen LogP contribution in [0.4, 0.5) is 11.4 Å². The zero-order valence-electron chi connectivity index (χ0n) is 24.6. The zero-order valence-corrected chi connectivity index (χ0v) is 27.0. The Hall–Kier alpha value is -3.37. The van der Waals surface area contributed by atoms with Crippen LogP contribution in [0.25, 0.3) is 0 Å². The molecular weight excluding hydrogens is 632 g/mol. The molecule has 1 atom stereocenters. The molecule has 1 aliphatic rings. The van der Waals surface area contributed by atoms with Crippen LogP contribution in [0.15, 0.2) is 82.2 Å². The van der Waals surface area contributed by atoms with Gasteiger partial charge in [-0.1, -0.05) is 88.1 Å². The standard InChI is InChI=1S/C33H39BrN2O6S/c1-3-5-17-33(18-6-4-2)22-36(25-15-11-8-12-16-25)27-19-26(34)28(20-29(27)43(40,41)23-33)42-21-30(37)35-31(32(38)39)24-13-9-7-10-14-24/h7-16,19-20,31H,3-6,17-18,21-23H2,1-2H3,(H,35,37)(H,38,39)/t31-/m0/s1. The van der Waals surface area contributed by atoms with E-state index in [9.17, 15) is 23.1 Å². The molecule has 1 amide bonds. The summed E-state index contributed by atoms with van der Waals surface area (Å²) >= 11 is 3.54. The summed E-state index contributed by atoms with van der Waals surface area (Å²) < 4.78 is 34.6. The Kier molecular flexibility index (Phi) is 10.9. The number of ether oxygens (including phenoxy) is 1. The number of carboxylic acid groups (broad SMARTS) is 1. The third kappa shape index (κ3) is 7.97. The van der Waals surface area contributed by atoms with Gasteiger partial charge in [-0.2, -0.15) is 0 Å². The molecule has 1 heterocycles. The topological polar surface area (TPSA) is 113 Å². The molecule has 1 aliphatic heterocycles. The number of carbonyl (C=O) groups excluding carboxylic acids is 1. The number of anilines is 2. The van der Waals surface area contributed by atoms with E-state index in [1.165, 1.54) is 6.07 Å². The van der Waals surface area contributed by atoms with Crippen LogP contribution >= 0.6 is 15.9 Å². The van der Waals surface area contributed by atoms with Crippen molar-refractivity contribution < 1.29 is 27.9 Å². The largest absolute Gasteiger partial charge is 0.483 e. The van der Waals surface area contributed by atoms with Gasteiger partial charge in [-0.05, 0) is 52.5 Å². The molecule has 0 fully saturated rings. The van der Waals surface area contributed by atoms with Crippen LogP contribution in [0.2, 0.25) is 0 Å². The molecule has 0 radical (unpaired) electrons. The SMILES string of the molecule is CCCCC1(CCCC)CN(c2ccccc2)c2cc(Br)c(OCC(=O)N[C@H](C(=O)O)c3ccccc3)cc2S(=O)(=O)C1. The first-order valence-corrected chi connectivity index (χ1v) is 17.1. The molecule has 230 valence electrons. The van der Waals surface area contributed by atoms with Crippen LogP contribution in [0.5, 0.6) is 5.75 Å². The smallest absolute Gasteiger partial charge is 0.330 e. The van der Waals surface area contributed by atoms with Crippen molar-refractivity contribution in [3.63, 3.8) is 0 Å². The Morgan fingerprint density at radius 3 is 2.19 bits per heavy atom. The highest BCUT2D eigenvalue weighted by Crippen LogP contribution is 2.47. The first-order valence-electron chi connectivity index (χ1n) is 14.7. The van der Waals surface area contributed by atoms with Gasteiger partial charge in [0.05, 0.1) is 20.8 Å². The summed E-state index contributed by atoms with van der Waals surface area (Å²) in [4.78, 5) is 26.8. The summed E-state index contributed by atoms with van der Waals surface area (Å²) in [5, 5.41) is 12.1. The van der Waals surface area contributed by atoms with Crippen LogP contribution in [-0.4, -0.2) is 44.3 Å². The van der Waals surface area contributed by atoms with Crippen molar-refractivity contribution in [2.24, 2.45) is 5.41 Å². The minimum atomic E-state index is -3.75. The quantitative estimate of drug-likeness (QED) is 0.200. The van der Waals surface area contributed by atoms with Gasteiger partial charge in [-0.3, -0.25) is 4.79 Å². The number of fused-ring (bicyclic) bond motifs is 1.